The Labute approximate surface area is 233 Å². The molecule has 0 N–H and O–H groups in total. The van der Waals surface area contributed by atoms with Crippen molar-refractivity contribution in [2.45, 2.75) is 33.4 Å². The molecule has 0 fully saturated rings. The number of nitrogens with zero attached hydrogens (tertiary/aromatic N) is 1. The maximum atomic E-state index is 12.0. The van der Waals surface area contributed by atoms with E-state index in [0.717, 1.165) is 40.6 Å². The minimum atomic E-state index is -4.22. The Morgan fingerprint density at radius 2 is 1.44 bits per heavy atom. The van der Waals surface area contributed by atoms with Gasteiger partial charge in [-0.15, -0.1) is 0 Å². The second-order valence-corrected chi connectivity index (χ2v) is 8.94. The zero-order valence-corrected chi connectivity index (χ0v) is 23.3. The maximum Gasteiger partial charge on any atom is 0.416 e. The maximum absolute atomic E-state index is 12.0. The van der Waals surface area contributed by atoms with Crippen LogP contribution in [0.25, 0.3) is 0 Å². The Morgan fingerprint density at radius 3 is 1.95 bits per heavy atom. The van der Waals surface area contributed by atoms with Gasteiger partial charge in [0, 0.05) is 18.3 Å². The summed E-state index contributed by atoms with van der Waals surface area (Å²) in [6, 6.07) is 29.1. The SMILES string of the molecule is CCc1ccc2c(c1)OCO2.CN=Cc1ccc(Cl)cc1.Cc1cccc(C(F)(F)F)c1.Cc1ccccc1. The van der Waals surface area contributed by atoms with Crippen molar-refractivity contribution < 1.29 is 22.6 Å². The first-order valence-electron chi connectivity index (χ1n) is 12.3. The molecule has 0 radical (unpaired) electrons. The Balaban J connectivity index is 0.000000185. The van der Waals surface area contributed by atoms with E-state index >= 15 is 0 Å². The lowest BCUT2D eigenvalue weighted by molar-refractivity contribution is -0.137. The fourth-order valence-corrected chi connectivity index (χ4v) is 3.34. The fourth-order valence-electron chi connectivity index (χ4n) is 3.21. The normalized spacial score (nSPS) is 11.4. The Bertz CT molecular complexity index is 1290. The summed E-state index contributed by atoms with van der Waals surface area (Å²) in [6.45, 7) is 6.20. The highest BCUT2D eigenvalue weighted by atomic mass is 35.5. The van der Waals surface area contributed by atoms with Gasteiger partial charge < -0.3 is 9.47 Å². The number of alkyl halides is 3. The first kappa shape index (κ1) is 31.4. The summed E-state index contributed by atoms with van der Waals surface area (Å²) < 4.78 is 46.3. The van der Waals surface area contributed by atoms with Gasteiger partial charge in [0.05, 0.1) is 5.56 Å². The number of hydrogen-bond donors (Lipinski definition) is 0. The molecule has 0 unspecified atom stereocenters. The molecule has 1 aliphatic heterocycles. The van der Waals surface area contributed by atoms with Crippen molar-refractivity contribution in [3.8, 4) is 11.5 Å². The van der Waals surface area contributed by atoms with E-state index in [2.05, 4.69) is 37.0 Å². The summed E-state index contributed by atoms with van der Waals surface area (Å²) in [5, 5.41) is 0.758. The monoisotopic (exact) mass is 555 g/mol. The molecule has 0 bridgehead atoms. The van der Waals surface area contributed by atoms with Crippen LogP contribution in [0, 0.1) is 13.8 Å². The second-order valence-electron chi connectivity index (χ2n) is 8.50. The van der Waals surface area contributed by atoms with Crippen LogP contribution < -0.4 is 9.47 Å². The molecule has 0 aliphatic carbocycles. The number of halogens is 4. The number of benzene rings is 4. The number of fused-ring (bicyclic) bond motifs is 1. The topological polar surface area (TPSA) is 30.8 Å². The van der Waals surface area contributed by atoms with E-state index < -0.39 is 11.7 Å². The van der Waals surface area contributed by atoms with E-state index in [-0.39, 0.29) is 0 Å². The molecule has 1 aliphatic rings. The third kappa shape index (κ3) is 12.1. The molecule has 0 amide bonds. The van der Waals surface area contributed by atoms with E-state index in [4.69, 9.17) is 21.1 Å². The number of rotatable bonds is 2. The molecule has 0 saturated heterocycles. The second kappa shape index (κ2) is 16.2. The van der Waals surface area contributed by atoms with Gasteiger partial charge in [-0.2, -0.15) is 13.2 Å². The third-order valence-electron chi connectivity index (χ3n) is 5.28. The molecule has 5 rings (SSSR count). The number of aryl methyl sites for hydroxylation is 3. The van der Waals surface area contributed by atoms with Crippen molar-refractivity contribution in [3.05, 3.63) is 130 Å². The molecular formula is C32H33ClF3NO2. The molecular weight excluding hydrogens is 523 g/mol. The van der Waals surface area contributed by atoms with Crippen LogP contribution in [-0.2, 0) is 12.6 Å². The zero-order valence-electron chi connectivity index (χ0n) is 22.5. The summed E-state index contributed by atoms with van der Waals surface area (Å²) in [5.41, 5.74) is 3.72. The zero-order chi connectivity index (χ0) is 28.7. The van der Waals surface area contributed by atoms with E-state index in [9.17, 15) is 13.2 Å². The molecule has 1 heterocycles. The Hall–Kier alpha value is -3.77. The fraction of sp³-hybridized carbons (Fsp3) is 0.219. The number of hydrogen-bond acceptors (Lipinski definition) is 3. The van der Waals surface area contributed by atoms with E-state index in [1.54, 1.807) is 26.3 Å². The van der Waals surface area contributed by atoms with Crippen LogP contribution in [-0.4, -0.2) is 20.1 Å². The first-order valence-corrected chi connectivity index (χ1v) is 12.7. The molecule has 0 aromatic heterocycles. The molecule has 4 aromatic carbocycles. The largest absolute Gasteiger partial charge is 0.454 e. The molecule has 39 heavy (non-hydrogen) atoms. The van der Waals surface area contributed by atoms with Crippen molar-refractivity contribution in [2.75, 3.05) is 13.8 Å². The van der Waals surface area contributed by atoms with Crippen molar-refractivity contribution in [3.63, 3.8) is 0 Å². The first-order chi connectivity index (χ1) is 18.6. The van der Waals surface area contributed by atoms with Gasteiger partial charge in [0.25, 0.3) is 0 Å². The minimum absolute atomic E-state index is 0.364. The van der Waals surface area contributed by atoms with Gasteiger partial charge >= 0.3 is 6.18 Å². The lowest BCUT2D eigenvalue weighted by Gasteiger charge is -2.05. The van der Waals surface area contributed by atoms with Crippen molar-refractivity contribution in [2.24, 2.45) is 4.99 Å². The van der Waals surface area contributed by atoms with Crippen LogP contribution in [0.5, 0.6) is 11.5 Å². The van der Waals surface area contributed by atoms with E-state index in [1.807, 2.05) is 54.6 Å². The predicted molar refractivity (Wildman–Crippen MR) is 154 cm³/mol. The van der Waals surface area contributed by atoms with Crippen molar-refractivity contribution >= 4 is 17.8 Å². The smallest absolute Gasteiger partial charge is 0.416 e. The van der Waals surface area contributed by atoms with Gasteiger partial charge in [0.1, 0.15) is 0 Å². The summed E-state index contributed by atoms with van der Waals surface area (Å²) >= 11 is 5.67. The minimum Gasteiger partial charge on any atom is -0.454 e. The van der Waals surface area contributed by atoms with Crippen LogP contribution in [0.2, 0.25) is 5.02 Å². The predicted octanol–water partition coefficient (Wildman–Crippen LogP) is 9.38. The molecule has 0 spiro atoms. The van der Waals surface area contributed by atoms with Crippen LogP contribution in [0.3, 0.4) is 0 Å². The highest BCUT2D eigenvalue weighted by molar-refractivity contribution is 6.30. The van der Waals surface area contributed by atoms with Gasteiger partial charge in [-0.3, -0.25) is 4.99 Å². The Kier molecular flexibility index (Phi) is 13.1. The van der Waals surface area contributed by atoms with Crippen molar-refractivity contribution in [1.82, 2.24) is 0 Å². The van der Waals surface area contributed by atoms with Gasteiger partial charge in [0.2, 0.25) is 6.79 Å². The van der Waals surface area contributed by atoms with Gasteiger partial charge in [-0.05, 0) is 61.7 Å². The van der Waals surface area contributed by atoms with E-state index in [1.165, 1.54) is 17.2 Å². The molecule has 4 aromatic rings. The molecule has 7 heteroatoms. The van der Waals surface area contributed by atoms with Crippen LogP contribution in [0.15, 0.2) is 102 Å². The summed E-state index contributed by atoms with van der Waals surface area (Å²) in [6.07, 6.45) is -1.39. The average Bonchev–Trinajstić information content (AvgIpc) is 3.39. The Morgan fingerprint density at radius 1 is 0.795 bits per heavy atom. The number of aliphatic imine (C=N–C) groups is 1. The summed E-state index contributed by atoms with van der Waals surface area (Å²) in [4.78, 5) is 3.87. The highest BCUT2D eigenvalue weighted by Gasteiger charge is 2.29. The summed E-state index contributed by atoms with van der Waals surface area (Å²) in [5.74, 6) is 1.74. The average molecular weight is 556 g/mol. The summed E-state index contributed by atoms with van der Waals surface area (Å²) in [7, 11) is 1.74. The third-order valence-corrected chi connectivity index (χ3v) is 5.53. The molecule has 3 nitrogen and oxygen atoms in total. The van der Waals surface area contributed by atoms with Crippen molar-refractivity contribution in [1.29, 1.82) is 0 Å². The van der Waals surface area contributed by atoms with Crippen LogP contribution >= 0.6 is 11.6 Å². The van der Waals surface area contributed by atoms with Gasteiger partial charge in [-0.25, -0.2) is 0 Å². The molecule has 0 atom stereocenters. The number of ether oxygens (including phenoxy) is 2. The van der Waals surface area contributed by atoms with Gasteiger partial charge in [-0.1, -0.05) is 96.4 Å². The molecule has 206 valence electrons. The standard InChI is InChI=1S/C9H10O2.C8H8ClN.C8H7F3.C7H8/c1-2-7-3-4-8-9(5-7)11-6-10-8;1-10-6-7-2-4-8(9)5-3-7;1-6-3-2-4-7(5-6)8(9,10)11;1-7-5-3-2-4-6-7/h3-5H,2,6H2,1H3;2-6H,1H3;2-5H,1H3;2-6H,1H3. The lowest BCUT2D eigenvalue weighted by atomic mass is 10.1. The molecule has 0 saturated carbocycles. The lowest BCUT2D eigenvalue weighted by Crippen LogP contribution is -2.04. The van der Waals surface area contributed by atoms with Gasteiger partial charge in [0.15, 0.2) is 11.5 Å². The van der Waals surface area contributed by atoms with Crippen LogP contribution in [0.1, 0.15) is 34.7 Å². The van der Waals surface area contributed by atoms with E-state index in [0.29, 0.717) is 12.4 Å². The van der Waals surface area contributed by atoms with Crippen LogP contribution in [0.4, 0.5) is 13.2 Å². The highest BCUT2D eigenvalue weighted by Crippen LogP contribution is 2.32. The quantitative estimate of drug-likeness (QED) is 0.231.